The third-order valence-electron chi connectivity index (χ3n) is 4.15. The second kappa shape index (κ2) is 3.47. The number of halogens is 3. The summed E-state index contributed by atoms with van der Waals surface area (Å²) in [6, 6.07) is 0. The van der Waals surface area contributed by atoms with E-state index in [2.05, 4.69) is 4.18 Å². The average Bonchev–Trinajstić information content (AvgIpc) is 2.64. The fourth-order valence-electron chi connectivity index (χ4n) is 2.97. The molecule has 104 valence electrons. The van der Waals surface area contributed by atoms with Crippen LogP contribution in [0.2, 0.25) is 0 Å². The predicted octanol–water partition coefficient (Wildman–Crippen LogP) is 2.00. The number of ketones is 1. The third-order valence-corrected chi connectivity index (χ3v) is 5.26. The molecule has 2 atom stereocenters. The minimum absolute atomic E-state index is 0.0497. The molecule has 0 N–H and O–H groups in total. The maximum atomic E-state index is 12.4. The molecular formula is C10H13F3O4S. The molecule has 0 amide bonds. The molecule has 0 saturated heterocycles. The minimum atomic E-state index is -5.67. The highest BCUT2D eigenvalue weighted by molar-refractivity contribution is 7.87. The molecule has 2 rings (SSSR count). The highest BCUT2D eigenvalue weighted by Crippen LogP contribution is 2.59. The lowest BCUT2D eigenvalue weighted by Gasteiger charge is -2.39. The van der Waals surface area contributed by atoms with Crippen molar-refractivity contribution in [2.45, 2.75) is 44.2 Å². The van der Waals surface area contributed by atoms with Gasteiger partial charge in [-0.15, -0.1) is 0 Å². The Morgan fingerprint density at radius 1 is 1.33 bits per heavy atom. The van der Waals surface area contributed by atoms with Gasteiger partial charge in [-0.05, 0) is 19.3 Å². The van der Waals surface area contributed by atoms with E-state index in [-0.39, 0.29) is 24.5 Å². The van der Waals surface area contributed by atoms with E-state index < -0.39 is 26.6 Å². The van der Waals surface area contributed by atoms with E-state index in [4.69, 9.17) is 0 Å². The standard InChI is InChI=1S/C10H13F3O4S/c1-8(2)7(14)6-3-4-9(8,5-6)17-18(15,16)10(11,12)13/h6H,3-5H2,1-2H3. The summed E-state index contributed by atoms with van der Waals surface area (Å²) in [5.74, 6) is -0.602. The summed E-state index contributed by atoms with van der Waals surface area (Å²) in [6.07, 6.45) is 0.593. The van der Waals surface area contributed by atoms with Crippen molar-refractivity contribution in [2.24, 2.45) is 11.3 Å². The smallest absolute Gasteiger partial charge is 0.299 e. The van der Waals surface area contributed by atoms with Crippen LogP contribution in [0.4, 0.5) is 13.2 Å². The molecule has 2 aliphatic rings. The molecule has 0 heterocycles. The zero-order chi connectivity index (χ0) is 14.0. The summed E-state index contributed by atoms with van der Waals surface area (Å²) in [4.78, 5) is 11.9. The van der Waals surface area contributed by atoms with Crippen LogP contribution < -0.4 is 0 Å². The number of fused-ring (bicyclic) bond motifs is 2. The lowest BCUT2D eigenvalue weighted by atomic mass is 9.72. The highest BCUT2D eigenvalue weighted by atomic mass is 32.2. The van der Waals surface area contributed by atoms with E-state index in [0.29, 0.717) is 6.42 Å². The van der Waals surface area contributed by atoms with Crippen LogP contribution in [0.1, 0.15) is 33.1 Å². The number of carbonyl (C=O) groups excluding carboxylic acids is 1. The first-order chi connectivity index (χ1) is 7.93. The van der Waals surface area contributed by atoms with Gasteiger partial charge < -0.3 is 0 Å². The molecule has 0 aromatic heterocycles. The van der Waals surface area contributed by atoms with Crippen molar-refractivity contribution < 1.29 is 30.6 Å². The molecule has 0 aromatic rings. The molecule has 0 aliphatic heterocycles. The summed E-state index contributed by atoms with van der Waals surface area (Å²) in [5.41, 5.74) is -8.20. The number of hydrogen-bond donors (Lipinski definition) is 0. The van der Waals surface area contributed by atoms with Gasteiger partial charge in [0.1, 0.15) is 11.4 Å². The summed E-state index contributed by atoms with van der Waals surface area (Å²) < 4.78 is 63.8. The number of carbonyl (C=O) groups is 1. The Kier molecular flexibility index (Phi) is 2.66. The molecule has 8 heteroatoms. The van der Waals surface area contributed by atoms with E-state index in [9.17, 15) is 26.4 Å². The fraction of sp³-hybridized carbons (Fsp3) is 0.900. The Labute approximate surface area is 103 Å². The van der Waals surface area contributed by atoms with Gasteiger partial charge in [-0.1, -0.05) is 13.8 Å². The second-order valence-corrected chi connectivity index (χ2v) is 6.94. The van der Waals surface area contributed by atoms with Crippen LogP contribution in [-0.2, 0) is 19.1 Å². The Bertz CT molecular complexity index is 494. The molecule has 4 nitrogen and oxygen atoms in total. The summed E-state index contributed by atoms with van der Waals surface area (Å²) >= 11 is 0. The second-order valence-electron chi connectivity index (χ2n) is 5.41. The molecule has 2 bridgehead atoms. The van der Waals surface area contributed by atoms with Gasteiger partial charge in [0, 0.05) is 5.92 Å². The minimum Gasteiger partial charge on any atom is -0.299 e. The van der Waals surface area contributed by atoms with Crippen LogP contribution in [0.5, 0.6) is 0 Å². The topological polar surface area (TPSA) is 60.4 Å². The number of rotatable bonds is 2. The molecule has 2 fully saturated rings. The number of alkyl halides is 3. The highest BCUT2D eigenvalue weighted by Gasteiger charge is 2.67. The SMILES string of the molecule is CC1(C)C(=O)C2CCC1(OS(=O)(=O)C(F)(F)F)C2. The van der Waals surface area contributed by atoms with Crippen LogP contribution in [0.3, 0.4) is 0 Å². The summed E-state index contributed by atoms with van der Waals surface area (Å²) in [7, 11) is -5.67. The summed E-state index contributed by atoms with van der Waals surface area (Å²) in [5, 5.41) is 0. The average molecular weight is 286 g/mol. The lowest BCUT2D eigenvalue weighted by molar-refractivity contribution is -0.138. The van der Waals surface area contributed by atoms with Gasteiger partial charge in [0.15, 0.2) is 0 Å². The Morgan fingerprint density at radius 3 is 2.28 bits per heavy atom. The van der Waals surface area contributed by atoms with Crippen LogP contribution in [0.15, 0.2) is 0 Å². The predicted molar refractivity (Wildman–Crippen MR) is 54.9 cm³/mol. The first-order valence-electron chi connectivity index (χ1n) is 5.49. The first-order valence-corrected chi connectivity index (χ1v) is 6.90. The van der Waals surface area contributed by atoms with E-state index in [1.165, 1.54) is 13.8 Å². The van der Waals surface area contributed by atoms with Crippen molar-refractivity contribution in [3.05, 3.63) is 0 Å². The van der Waals surface area contributed by atoms with Crippen molar-refractivity contribution in [3.63, 3.8) is 0 Å². The zero-order valence-electron chi connectivity index (χ0n) is 9.87. The molecule has 18 heavy (non-hydrogen) atoms. The van der Waals surface area contributed by atoms with Crippen LogP contribution in [-0.4, -0.2) is 25.3 Å². The van der Waals surface area contributed by atoms with Gasteiger partial charge in [-0.3, -0.25) is 8.98 Å². The van der Waals surface area contributed by atoms with Gasteiger partial charge in [0.2, 0.25) is 0 Å². The van der Waals surface area contributed by atoms with Crippen LogP contribution in [0.25, 0.3) is 0 Å². The van der Waals surface area contributed by atoms with Crippen molar-refractivity contribution >= 4 is 15.9 Å². The first kappa shape index (κ1) is 13.8. The maximum absolute atomic E-state index is 12.4. The molecular weight excluding hydrogens is 273 g/mol. The molecule has 2 unspecified atom stereocenters. The normalized spacial score (nSPS) is 35.2. The number of Topliss-reactive ketones (excluding diaryl/α,β-unsaturated/α-hetero) is 1. The monoisotopic (exact) mass is 286 g/mol. The Balaban J connectivity index is 2.38. The van der Waals surface area contributed by atoms with Crippen molar-refractivity contribution in [1.29, 1.82) is 0 Å². The van der Waals surface area contributed by atoms with E-state index in [1.807, 2.05) is 0 Å². The number of hydrogen-bond acceptors (Lipinski definition) is 4. The fourth-order valence-corrected chi connectivity index (χ4v) is 3.85. The van der Waals surface area contributed by atoms with Gasteiger partial charge >= 0.3 is 15.6 Å². The molecule has 0 aromatic carbocycles. The van der Waals surface area contributed by atoms with Crippen molar-refractivity contribution in [3.8, 4) is 0 Å². The molecule has 2 saturated carbocycles. The maximum Gasteiger partial charge on any atom is 0.523 e. The van der Waals surface area contributed by atoms with E-state index in [0.717, 1.165) is 0 Å². The Hall–Kier alpha value is -0.630. The van der Waals surface area contributed by atoms with E-state index in [1.54, 1.807) is 0 Å². The molecule has 0 radical (unpaired) electrons. The van der Waals surface area contributed by atoms with Crippen molar-refractivity contribution in [1.82, 2.24) is 0 Å². The van der Waals surface area contributed by atoms with Crippen LogP contribution in [0, 0.1) is 11.3 Å². The van der Waals surface area contributed by atoms with Gasteiger partial charge in [0.05, 0.1) is 5.41 Å². The van der Waals surface area contributed by atoms with Gasteiger partial charge in [0.25, 0.3) is 0 Å². The lowest BCUT2D eigenvalue weighted by Crippen LogP contribution is -2.49. The van der Waals surface area contributed by atoms with E-state index >= 15 is 0 Å². The van der Waals surface area contributed by atoms with Crippen molar-refractivity contribution in [2.75, 3.05) is 0 Å². The molecule has 2 aliphatic carbocycles. The Morgan fingerprint density at radius 2 is 1.89 bits per heavy atom. The molecule has 0 spiro atoms. The van der Waals surface area contributed by atoms with Crippen LogP contribution >= 0.6 is 0 Å². The largest absolute Gasteiger partial charge is 0.523 e. The summed E-state index contributed by atoms with van der Waals surface area (Å²) in [6.45, 7) is 2.89. The third kappa shape index (κ3) is 1.61. The van der Waals surface area contributed by atoms with Gasteiger partial charge in [-0.25, -0.2) is 0 Å². The van der Waals surface area contributed by atoms with Gasteiger partial charge in [-0.2, -0.15) is 21.6 Å². The quantitative estimate of drug-likeness (QED) is 0.575. The zero-order valence-corrected chi connectivity index (χ0v) is 10.7.